The number of hydrogen-bond acceptors (Lipinski definition) is 7. The molecule has 0 radical (unpaired) electrons. The Morgan fingerprint density at radius 3 is 2.30 bits per heavy atom. The number of nitrogens with zero attached hydrogens (tertiary/aromatic N) is 1. The average molecular weight is 505 g/mol. The zero-order valence-electron chi connectivity index (χ0n) is 21.0. The molecule has 3 amide bonds. The minimum atomic E-state index is -0.955. The summed E-state index contributed by atoms with van der Waals surface area (Å²) in [5.74, 6) is -1.02. The van der Waals surface area contributed by atoms with Crippen LogP contribution in [0.4, 0.5) is 11.4 Å². The number of anilines is 2. The molecule has 10 nitrogen and oxygen atoms in total. The topological polar surface area (TPSA) is 127 Å². The molecular weight excluding hydrogens is 476 g/mol. The summed E-state index contributed by atoms with van der Waals surface area (Å²) in [7, 11) is 2.92. The Kier molecular flexibility index (Phi) is 9.20. The van der Waals surface area contributed by atoms with Crippen LogP contribution in [0, 0.1) is 13.8 Å². The van der Waals surface area contributed by atoms with Gasteiger partial charge in [-0.3, -0.25) is 14.4 Å². The molecule has 0 bridgehead atoms. The van der Waals surface area contributed by atoms with Crippen molar-refractivity contribution in [2.24, 2.45) is 5.10 Å². The number of rotatable bonds is 9. The van der Waals surface area contributed by atoms with Crippen molar-refractivity contribution in [1.29, 1.82) is 0 Å². The maximum absolute atomic E-state index is 12.3. The van der Waals surface area contributed by atoms with Crippen molar-refractivity contribution >= 4 is 35.3 Å². The zero-order chi connectivity index (χ0) is 26.8. The molecular formula is C27H28N4O6. The highest BCUT2D eigenvalue weighted by Gasteiger charge is 2.15. The van der Waals surface area contributed by atoms with E-state index in [0.717, 1.165) is 16.8 Å². The standard InChI is InChI=1S/C27H28N4O6/c1-17-9-11-20(18(2)13-17)29-25(32)16-37-23-12-10-19(14-24(23)36-4)15-28-31-27(34)26(33)30-21-7-5-6-8-22(21)35-3/h5-15H,16H2,1-4H3,(H,29,32)(H,30,33)(H,31,34)/b28-15-. The minimum absolute atomic E-state index is 0.214. The van der Waals surface area contributed by atoms with Gasteiger partial charge >= 0.3 is 11.8 Å². The number of amides is 3. The number of hydrogen-bond donors (Lipinski definition) is 3. The molecule has 10 heteroatoms. The molecule has 0 saturated heterocycles. The lowest BCUT2D eigenvalue weighted by atomic mass is 10.1. The molecule has 192 valence electrons. The van der Waals surface area contributed by atoms with Crippen molar-refractivity contribution in [3.05, 3.63) is 77.4 Å². The molecule has 3 N–H and O–H groups in total. The summed E-state index contributed by atoms with van der Waals surface area (Å²) in [6, 6.07) is 17.3. The van der Waals surface area contributed by atoms with Crippen LogP contribution in [0.2, 0.25) is 0 Å². The maximum atomic E-state index is 12.3. The Morgan fingerprint density at radius 2 is 1.57 bits per heavy atom. The third kappa shape index (κ3) is 7.56. The number of ether oxygens (including phenoxy) is 3. The van der Waals surface area contributed by atoms with Crippen molar-refractivity contribution < 1.29 is 28.6 Å². The van der Waals surface area contributed by atoms with E-state index in [0.29, 0.717) is 28.5 Å². The van der Waals surface area contributed by atoms with Crippen LogP contribution in [-0.2, 0) is 14.4 Å². The van der Waals surface area contributed by atoms with E-state index < -0.39 is 11.8 Å². The third-order valence-electron chi connectivity index (χ3n) is 5.14. The third-order valence-corrected chi connectivity index (χ3v) is 5.14. The predicted molar refractivity (Wildman–Crippen MR) is 140 cm³/mol. The zero-order valence-corrected chi connectivity index (χ0v) is 21.0. The smallest absolute Gasteiger partial charge is 0.329 e. The summed E-state index contributed by atoms with van der Waals surface area (Å²) in [6.07, 6.45) is 1.34. The summed E-state index contributed by atoms with van der Waals surface area (Å²) in [6.45, 7) is 3.69. The van der Waals surface area contributed by atoms with E-state index in [4.69, 9.17) is 14.2 Å². The molecule has 37 heavy (non-hydrogen) atoms. The molecule has 0 atom stereocenters. The first kappa shape index (κ1) is 26.7. The minimum Gasteiger partial charge on any atom is -0.495 e. The van der Waals surface area contributed by atoms with Crippen LogP contribution in [0.3, 0.4) is 0 Å². The van der Waals surface area contributed by atoms with Crippen LogP contribution in [0.25, 0.3) is 0 Å². The van der Waals surface area contributed by atoms with E-state index >= 15 is 0 Å². The number of nitrogens with one attached hydrogen (secondary N) is 3. The Bertz CT molecular complexity index is 1320. The van der Waals surface area contributed by atoms with Crippen LogP contribution >= 0.6 is 0 Å². The van der Waals surface area contributed by atoms with E-state index in [1.165, 1.54) is 20.4 Å². The molecule has 0 unspecified atom stereocenters. The van der Waals surface area contributed by atoms with Gasteiger partial charge in [-0.15, -0.1) is 0 Å². The lowest BCUT2D eigenvalue weighted by Crippen LogP contribution is -2.32. The average Bonchev–Trinajstić information content (AvgIpc) is 2.89. The summed E-state index contributed by atoms with van der Waals surface area (Å²) in [5, 5.41) is 9.09. The molecule has 0 heterocycles. The van der Waals surface area contributed by atoms with Crippen LogP contribution in [0.15, 0.2) is 65.8 Å². The molecule has 3 aromatic rings. The van der Waals surface area contributed by atoms with E-state index in [1.54, 1.807) is 42.5 Å². The molecule has 0 fully saturated rings. The number of carbonyl (C=O) groups excluding carboxylic acids is 3. The lowest BCUT2D eigenvalue weighted by Gasteiger charge is -2.12. The first-order chi connectivity index (χ1) is 17.8. The molecule has 0 aliphatic rings. The van der Waals surface area contributed by atoms with Crippen molar-refractivity contribution in [1.82, 2.24) is 5.43 Å². The van der Waals surface area contributed by atoms with Gasteiger partial charge < -0.3 is 24.8 Å². The van der Waals surface area contributed by atoms with Crippen LogP contribution in [-0.4, -0.2) is 44.8 Å². The van der Waals surface area contributed by atoms with Gasteiger partial charge in [0.25, 0.3) is 5.91 Å². The van der Waals surface area contributed by atoms with Gasteiger partial charge in [0.15, 0.2) is 18.1 Å². The fraction of sp³-hybridized carbons (Fsp3) is 0.185. The first-order valence-electron chi connectivity index (χ1n) is 11.3. The second kappa shape index (κ2) is 12.7. The maximum Gasteiger partial charge on any atom is 0.329 e. The highest BCUT2D eigenvalue weighted by Crippen LogP contribution is 2.28. The lowest BCUT2D eigenvalue weighted by molar-refractivity contribution is -0.136. The van der Waals surface area contributed by atoms with E-state index in [9.17, 15) is 14.4 Å². The fourth-order valence-electron chi connectivity index (χ4n) is 3.31. The Hall–Kier alpha value is -4.86. The number of methoxy groups -OCH3 is 2. The second-order valence-electron chi connectivity index (χ2n) is 7.92. The van der Waals surface area contributed by atoms with Gasteiger partial charge in [0.2, 0.25) is 0 Å². The van der Waals surface area contributed by atoms with Crippen molar-refractivity contribution in [2.45, 2.75) is 13.8 Å². The number of hydrazone groups is 1. The van der Waals surface area contributed by atoms with Crippen LogP contribution in [0.5, 0.6) is 17.2 Å². The summed E-state index contributed by atoms with van der Waals surface area (Å²) < 4.78 is 16.1. The number of benzene rings is 3. The summed E-state index contributed by atoms with van der Waals surface area (Å²) in [5.41, 5.74) is 5.87. The highest BCUT2D eigenvalue weighted by atomic mass is 16.5. The van der Waals surface area contributed by atoms with Crippen LogP contribution < -0.4 is 30.3 Å². The van der Waals surface area contributed by atoms with E-state index in [-0.39, 0.29) is 12.5 Å². The SMILES string of the molecule is COc1ccccc1NC(=O)C(=O)N/N=C\c1ccc(OCC(=O)Nc2ccc(C)cc2C)c(OC)c1. The normalized spacial score (nSPS) is 10.5. The van der Waals surface area contributed by atoms with E-state index in [2.05, 4.69) is 21.2 Å². The first-order valence-corrected chi connectivity index (χ1v) is 11.3. The van der Waals surface area contributed by atoms with Gasteiger partial charge in [-0.25, -0.2) is 5.43 Å². The molecule has 0 aliphatic heterocycles. The number of para-hydroxylation sites is 2. The van der Waals surface area contributed by atoms with Crippen molar-refractivity contribution in [2.75, 3.05) is 31.5 Å². The van der Waals surface area contributed by atoms with Crippen molar-refractivity contribution in [3.8, 4) is 17.2 Å². The molecule has 3 aromatic carbocycles. The monoisotopic (exact) mass is 504 g/mol. The summed E-state index contributed by atoms with van der Waals surface area (Å²) >= 11 is 0. The van der Waals surface area contributed by atoms with Gasteiger partial charge in [0, 0.05) is 5.69 Å². The highest BCUT2D eigenvalue weighted by molar-refractivity contribution is 6.39. The van der Waals surface area contributed by atoms with Gasteiger partial charge in [-0.05, 0) is 61.4 Å². The Labute approximate surface area is 214 Å². The van der Waals surface area contributed by atoms with E-state index in [1.807, 2.05) is 32.0 Å². The van der Waals surface area contributed by atoms with Gasteiger partial charge in [0.1, 0.15) is 5.75 Å². The fourth-order valence-corrected chi connectivity index (χ4v) is 3.31. The molecule has 0 aliphatic carbocycles. The van der Waals surface area contributed by atoms with Gasteiger partial charge in [-0.2, -0.15) is 5.10 Å². The van der Waals surface area contributed by atoms with Crippen LogP contribution in [0.1, 0.15) is 16.7 Å². The number of aryl methyl sites for hydroxylation is 2. The molecule has 0 aromatic heterocycles. The quantitative estimate of drug-likeness (QED) is 0.233. The second-order valence-corrected chi connectivity index (χ2v) is 7.92. The largest absolute Gasteiger partial charge is 0.495 e. The molecule has 3 rings (SSSR count). The Balaban J connectivity index is 1.54. The van der Waals surface area contributed by atoms with Gasteiger partial charge in [-0.1, -0.05) is 29.8 Å². The number of carbonyl (C=O) groups is 3. The van der Waals surface area contributed by atoms with Crippen molar-refractivity contribution in [3.63, 3.8) is 0 Å². The molecule has 0 saturated carbocycles. The molecule has 0 spiro atoms. The summed E-state index contributed by atoms with van der Waals surface area (Å²) in [4.78, 5) is 36.5. The Morgan fingerprint density at radius 1 is 0.811 bits per heavy atom. The predicted octanol–water partition coefficient (Wildman–Crippen LogP) is 3.43. The van der Waals surface area contributed by atoms with Gasteiger partial charge in [0.05, 0.1) is 26.1 Å².